The van der Waals surface area contributed by atoms with Crippen molar-refractivity contribution in [2.24, 2.45) is 0 Å². The van der Waals surface area contributed by atoms with E-state index >= 15 is 0 Å². The van der Waals surface area contributed by atoms with Crippen LogP contribution in [0.5, 0.6) is 0 Å². The molecule has 3 heterocycles. The minimum Gasteiger partial charge on any atom is -0.467 e. The molecule has 2 aromatic heterocycles. The highest BCUT2D eigenvalue weighted by molar-refractivity contribution is 5.93. The number of aryl methyl sites for hydroxylation is 1. The van der Waals surface area contributed by atoms with Crippen LogP contribution in [-0.2, 0) is 11.3 Å². The summed E-state index contributed by atoms with van der Waals surface area (Å²) in [6.07, 6.45) is 5.89. The zero-order valence-corrected chi connectivity index (χ0v) is 15.1. The fraction of sp³-hybridized carbons (Fsp3) is 0.579. The van der Waals surface area contributed by atoms with Gasteiger partial charge in [0.05, 0.1) is 31.2 Å². The predicted molar refractivity (Wildman–Crippen MR) is 94.4 cm³/mol. The van der Waals surface area contributed by atoms with Crippen LogP contribution in [-0.4, -0.2) is 40.3 Å². The molecule has 1 amide bonds. The van der Waals surface area contributed by atoms with Gasteiger partial charge in [-0.25, -0.2) is 0 Å². The third-order valence-corrected chi connectivity index (χ3v) is 4.66. The maximum Gasteiger partial charge on any atom is 0.272 e. The zero-order valence-electron chi connectivity index (χ0n) is 15.1. The first-order valence-electron chi connectivity index (χ1n) is 9.17. The van der Waals surface area contributed by atoms with Crippen LogP contribution in [0, 0.1) is 6.92 Å². The van der Waals surface area contributed by atoms with Gasteiger partial charge in [-0.3, -0.25) is 9.48 Å². The summed E-state index contributed by atoms with van der Waals surface area (Å²) in [5.41, 5.74) is 1.49. The molecular weight excluding hydrogens is 318 g/mol. The summed E-state index contributed by atoms with van der Waals surface area (Å²) in [4.78, 5) is 15.3. The molecular formula is C19H27N3O3. The van der Waals surface area contributed by atoms with Gasteiger partial charge < -0.3 is 14.1 Å². The van der Waals surface area contributed by atoms with Crippen molar-refractivity contribution in [3.63, 3.8) is 0 Å². The van der Waals surface area contributed by atoms with Crippen molar-refractivity contribution < 1.29 is 13.9 Å². The fourth-order valence-electron chi connectivity index (χ4n) is 3.46. The van der Waals surface area contributed by atoms with Crippen LogP contribution in [0.1, 0.15) is 60.6 Å². The Balaban J connectivity index is 1.84. The third-order valence-electron chi connectivity index (χ3n) is 4.66. The van der Waals surface area contributed by atoms with Gasteiger partial charge in [0.25, 0.3) is 5.91 Å². The van der Waals surface area contributed by atoms with Gasteiger partial charge in [-0.05, 0) is 44.9 Å². The maximum absolute atomic E-state index is 13.3. The van der Waals surface area contributed by atoms with Crippen molar-refractivity contribution in [3.8, 4) is 0 Å². The van der Waals surface area contributed by atoms with Gasteiger partial charge in [0.2, 0.25) is 0 Å². The first-order chi connectivity index (χ1) is 12.2. The Kier molecular flexibility index (Phi) is 5.91. The summed E-state index contributed by atoms with van der Waals surface area (Å²) in [6.45, 7) is 6.43. The number of carbonyl (C=O) groups excluding carboxylic acids is 1. The first-order valence-corrected chi connectivity index (χ1v) is 9.17. The number of ether oxygens (including phenoxy) is 1. The van der Waals surface area contributed by atoms with E-state index in [1.165, 1.54) is 0 Å². The molecule has 6 nitrogen and oxygen atoms in total. The zero-order chi connectivity index (χ0) is 17.6. The summed E-state index contributed by atoms with van der Waals surface area (Å²) in [5, 5.41) is 4.48. The standard InChI is InChI=1S/C19H27N3O3/c1-3-24-13-11-22-17(14-15(2)20-22)19(23)21-10-6-4-5-8-16(21)18-9-7-12-25-18/h7,9,12,14,16H,3-6,8,10-11,13H2,1-2H3/t16-/m1/s1. The summed E-state index contributed by atoms with van der Waals surface area (Å²) in [7, 11) is 0. The molecule has 2 aromatic rings. The van der Waals surface area contributed by atoms with Gasteiger partial charge in [0, 0.05) is 13.2 Å². The van der Waals surface area contributed by atoms with Crippen LogP contribution in [0.25, 0.3) is 0 Å². The molecule has 1 fully saturated rings. The van der Waals surface area contributed by atoms with E-state index in [9.17, 15) is 4.79 Å². The molecule has 6 heteroatoms. The van der Waals surface area contributed by atoms with E-state index in [4.69, 9.17) is 9.15 Å². The number of hydrogen-bond donors (Lipinski definition) is 0. The van der Waals surface area contributed by atoms with E-state index in [1.807, 2.05) is 36.9 Å². The van der Waals surface area contributed by atoms with Crippen molar-refractivity contribution in [3.05, 3.63) is 41.6 Å². The highest BCUT2D eigenvalue weighted by atomic mass is 16.5. The van der Waals surface area contributed by atoms with Crippen molar-refractivity contribution >= 4 is 5.91 Å². The first kappa shape index (κ1) is 17.7. The van der Waals surface area contributed by atoms with Crippen molar-refractivity contribution in [1.82, 2.24) is 14.7 Å². The Morgan fingerprint density at radius 1 is 1.40 bits per heavy atom. The second kappa shape index (κ2) is 8.34. The molecule has 0 saturated carbocycles. The lowest BCUT2D eigenvalue weighted by Crippen LogP contribution is -2.36. The Morgan fingerprint density at radius 2 is 2.28 bits per heavy atom. The van der Waals surface area contributed by atoms with Crippen LogP contribution < -0.4 is 0 Å². The van der Waals surface area contributed by atoms with E-state index < -0.39 is 0 Å². The van der Waals surface area contributed by atoms with Crippen LogP contribution in [0.2, 0.25) is 0 Å². The van der Waals surface area contributed by atoms with Crippen LogP contribution in [0.3, 0.4) is 0 Å². The van der Waals surface area contributed by atoms with E-state index in [0.29, 0.717) is 25.5 Å². The molecule has 1 saturated heterocycles. The van der Waals surface area contributed by atoms with Crippen LogP contribution >= 0.6 is 0 Å². The summed E-state index contributed by atoms with van der Waals surface area (Å²) in [6, 6.07) is 5.73. The van der Waals surface area contributed by atoms with Gasteiger partial charge >= 0.3 is 0 Å². The highest BCUT2D eigenvalue weighted by Gasteiger charge is 2.31. The summed E-state index contributed by atoms with van der Waals surface area (Å²) >= 11 is 0. The smallest absolute Gasteiger partial charge is 0.272 e. The maximum atomic E-state index is 13.3. The molecule has 136 valence electrons. The Hall–Kier alpha value is -2.08. The largest absolute Gasteiger partial charge is 0.467 e. The SMILES string of the molecule is CCOCCn1nc(C)cc1C(=O)N1CCCCC[C@@H]1c1ccco1. The van der Waals surface area contributed by atoms with Gasteiger partial charge in [0.15, 0.2) is 0 Å². The predicted octanol–water partition coefficient (Wildman–Crippen LogP) is 3.58. The molecule has 3 rings (SSSR count). The lowest BCUT2D eigenvalue weighted by atomic mass is 10.1. The quantitative estimate of drug-likeness (QED) is 0.751. The number of carbonyl (C=O) groups is 1. The molecule has 0 bridgehead atoms. The van der Waals surface area contributed by atoms with Crippen LogP contribution in [0.15, 0.2) is 28.9 Å². The van der Waals surface area contributed by atoms with E-state index in [1.54, 1.807) is 10.9 Å². The lowest BCUT2D eigenvalue weighted by molar-refractivity contribution is 0.0641. The fourth-order valence-corrected chi connectivity index (χ4v) is 3.46. The molecule has 25 heavy (non-hydrogen) atoms. The van der Waals surface area contributed by atoms with Crippen molar-refractivity contribution in [2.75, 3.05) is 19.8 Å². The normalized spacial score (nSPS) is 18.3. The monoisotopic (exact) mass is 345 g/mol. The average molecular weight is 345 g/mol. The third kappa shape index (κ3) is 4.12. The summed E-state index contributed by atoms with van der Waals surface area (Å²) in [5.74, 6) is 0.896. The minimum atomic E-state index is 0.000507. The number of aromatic nitrogens is 2. The van der Waals surface area contributed by atoms with Gasteiger partial charge in [-0.15, -0.1) is 0 Å². The highest BCUT2D eigenvalue weighted by Crippen LogP contribution is 2.31. The Morgan fingerprint density at radius 3 is 3.04 bits per heavy atom. The number of amides is 1. The molecule has 1 aliphatic heterocycles. The van der Waals surface area contributed by atoms with Crippen molar-refractivity contribution in [1.29, 1.82) is 0 Å². The van der Waals surface area contributed by atoms with E-state index in [-0.39, 0.29) is 11.9 Å². The molecule has 0 spiro atoms. The molecule has 0 aromatic carbocycles. The number of nitrogens with zero attached hydrogens (tertiary/aromatic N) is 3. The molecule has 0 aliphatic carbocycles. The number of likely N-dealkylation sites (tertiary alicyclic amines) is 1. The van der Waals surface area contributed by atoms with E-state index in [0.717, 1.165) is 43.7 Å². The van der Waals surface area contributed by atoms with Gasteiger partial charge in [-0.2, -0.15) is 5.10 Å². The number of rotatable bonds is 6. The molecule has 0 N–H and O–H groups in total. The second-order valence-electron chi connectivity index (χ2n) is 6.47. The molecule has 1 aliphatic rings. The van der Waals surface area contributed by atoms with Gasteiger partial charge in [-0.1, -0.05) is 12.8 Å². The molecule has 1 atom stereocenters. The summed E-state index contributed by atoms with van der Waals surface area (Å²) < 4.78 is 12.8. The van der Waals surface area contributed by atoms with Crippen LogP contribution in [0.4, 0.5) is 0 Å². The minimum absolute atomic E-state index is 0.000507. The number of hydrogen-bond acceptors (Lipinski definition) is 4. The molecule has 0 unspecified atom stereocenters. The topological polar surface area (TPSA) is 60.5 Å². The van der Waals surface area contributed by atoms with E-state index in [2.05, 4.69) is 5.10 Å². The Labute approximate surface area is 148 Å². The number of furan rings is 1. The van der Waals surface area contributed by atoms with Gasteiger partial charge in [0.1, 0.15) is 11.5 Å². The molecule has 0 radical (unpaired) electrons. The Bertz CT molecular complexity index is 678. The van der Waals surface area contributed by atoms with Crippen molar-refractivity contribution in [2.45, 2.75) is 52.1 Å². The lowest BCUT2D eigenvalue weighted by Gasteiger charge is -2.28. The average Bonchev–Trinajstić information content (AvgIpc) is 3.19. The second-order valence-corrected chi connectivity index (χ2v) is 6.47.